The van der Waals surface area contributed by atoms with Crippen molar-refractivity contribution in [2.75, 3.05) is 0 Å². The summed E-state index contributed by atoms with van der Waals surface area (Å²) < 4.78 is 2.94. The fourth-order valence-corrected chi connectivity index (χ4v) is 40.0. The highest BCUT2D eigenvalue weighted by molar-refractivity contribution is 7.36. The van der Waals surface area contributed by atoms with Crippen molar-refractivity contribution in [3.05, 3.63) is 5.53 Å². The van der Waals surface area contributed by atoms with E-state index < -0.39 is 32.8 Å². The lowest BCUT2D eigenvalue weighted by Crippen LogP contribution is -2.78. The highest BCUT2D eigenvalue weighted by Gasteiger charge is 2.65. The standard InChI is InChI=1S/C18H45N3Si4/c1-17(2,3)25(15,18(4,5)6)16(20-19)24(13,14)21(22(7,8)9)23(10,11)12/h1-15H3. The van der Waals surface area contributed by atoms with Gasteiger partial charge in [-0.2, -0.15) is 4.79 Å². The Hall–Kier alpha value is 0.208. The zero-order valence-electron chi connectivity index (χ0n) is 19.8. The van der Waals surface area contributed by atoms with Crippen LogP contribution in [0.2, 0.25) is 69.0 Å². The second-order valence-electron chi connectivity index (χ2n) is 12.3. The molecule has 0 aromatic carbocycles. The van der Waals surface area contributed by atoms with Crippen molar-refractivity contribution in [3.8, 4) is 0 Å². The van der Waals surface area contributed by atoms with Crippen molar-refractivity contribution in [1.29, 1.82) is 0 Å². The second-order valence-corrected chi connectivity index (χ2v) is 33.5. The molecule has 0 bridgehead atoms. The van der Waals surface area contributed by atoms with Gasteiger partial charge in [-0.1, -0.05) is 87.4 Å². The molecular weight excluding hydrogens is 371 g/mol. The fraction of sp³-hybridized carbons (Fsp3) is 0.944. The van der Waals surface area contributed by atoms with Crippen LogP contribution in [0, 0.1) is 0 Å². The third-order valence-electron chi connectivity index (χ3n) is 6.05. The topological polar surface area (TPSA) is 39.6 Å². The van der Waals surface area contributed by atoms with E-state index in [2.05, 4.69) is 109 Å². The third-order valence-corrected chi connectivity index (χ3v) is 32.9. The maximum Gasteiger partial charge on any atom is 0.231 e. The van der Waals surface area contributed by atoms with E-state index in [4.69, 9.17) is 0 Å². The van der Waals surface area contributed by atoms with Gasteiger partial charge in [-0.3, -0.25) is 0 Å². The molecule has 0 atom stereocenters. The molecule has 0 unspecified atom stereocenters. The van der Waals surface area contributed by atoms with Gasteiger partial charge in [0.25, 0.3) is 0 Å². The van der Waals surface area contributed by atoms with Crippen LogP contribution in [0.4, 0.5) is 0 Å². The normalized spacial score (nSPS) is 15.4. The third kappa shape index (κ3) is 4.74. The van der Waals surface area contributed by atoms with Gasteiger partial charge in [0.2, 0.25) is 13.2 Å². The minimum atomic E-state index is -2.07. The Morgan fingerprint density at radius 3 is 1.12 bits per heavy atom. The minimum absolute atomic E-state index is 0.141. The highest BCUT2D eigenvalue weighted by atomic mass is 28.5. The van der Waals surface area contributed by atoms with Crippen molar-refractivity contribution in [1.82, 2.24) is 3.90 Å². The fourth-order valence-electron chi connectivity index (χ4n) is 5.46. The Kier molecular flexibility index (Phi) is 7.04. The summed E-state index contributed by atoms with van der Waals surface area (Å²) in [6, 6.07) is 0. The molecule has 0 N–H and O–H groups in total. The largest absolute Gasteiger partial charge is 0.363 e. The van der Waals surface area contributed by atoms with Crippen LogP contribution in [0.3, 0.4) is 0 Å². The first-order valence-corrected chi connectivity index (χ1v) is 21.9. The summed E-state index contributed by atoms with van der Waals surface area (Å²) in [5, 5.41) is 0.281. The van der Waals surface area contributed by atoms with Gasteiger partial charge in [0.15, 0.2) is 8.07 Å². The van der Waals surface area contributed by atoms with Gasteiger partial charge in [-0.05, 0) is 23.2 Å². The first-order chi connectivity index (χ1) is 10.6. The second kappa shape index (κ2) is 6.98. The van der Waals surface area contributed by atoms with Gasteiger partial charge in [0, 0.05) is 0 Å². The van der Waals surface area contributed by atoms with E-state index in [1.165, 1.54) is 4.96 Å². The lowest BCUT2D eigenvalue weighted by atomic mass is 10.2. The summed E-state index contributed by atoms with van der Waals surface area (Å²) in [6.07, 6.45) is 0. The predicted octanol–water partition coefficient (Wildman–Crippen LogP) is 6.59. The molecule has 0 amide bonds. The molecule has 0 heterocycles. The summed E-state index contributed by atoms with van der Waals surface area (Å²) in [5.74, 6) is 0. The molecular formula is C18H45N3Si4. The molecule has 0 aliphatic heterocycles. The van der Waals surface area contributed by atoms with E-state index in [1.54, 1.807) is 0 Å². The molecule has 0 aromatic heterocycles. The Morgan fingerprint density at radius 2 is 0.960 bits per heavy atom. The lowest BCUT2D eigenvalue weighted by molar-refractivity contribution is 0.00113. The average Bonchev–Trinajstić information content (AvgIpc) is 2.20. The molecule has 0 aliphatic carbocycles. The van der Waals surface area contributed by atoms with Crippen LogP contribution in [0.1, 0.15) is 41.5 Å². The van der Waals surface area contributed by atoms with Crippen LogP contribution < -0.4 is 0 Å². The first-order valence-electron chi connectivity index (χ1n) is 9.59. The van der Waals surface area contributed by atoms with Gasteiger partial charge >= 0.3 is 0 Å². The van der Waals surface area contributed by atoms with Crippen LogP contribution in [-0.4, -0.2) is 46.4 Å². The van der Waals surface area contributed by atoms with Gasteiger partial charge in [0.1, 0.15) is 16.5 Å². The Bertz CT molecular complexity index is 509. The van der Waals surface area contributed by atoms with E-state index in [1.807, 2.05) is 0 Å². The van der Waals surface area contributed by atoms with Crippen molar-refractivity contribution >= 4 is 37.7 Å². The van der Waals surface area contributed by atoms with Crippen LogP contribution in [0.5, 0.6) is 0 Å². The van der Waals surface area contributed by atoms with E-state index in [0.717, 1.165) is 0 Å². The van der Waals surface area contributed by atoms with Crippen molar-refractivity contribution in [3.63, 3.8) is 0 Å². The molecule has 7 heteroatoms. The molecule has 0 fully saturated rings. The van der Waals surface area contributed by atoms with Crippen LogP contribution in [-0.2, 0) is 0 Å². The molecule has 0 aliphatic rings. The molecule has 0 saturated carbocycles. The number of nitrogens with zero attached hydrogens (tertiary/aromatic N) is 3. The zero-order valence-corrected chi connectivity index (χ0v) is 23.8. The molecule has 0 spiro atoms. The SMILES string of the molecule is CC(C)(C)[Si](C)(C(=[N+]=[N-])[Si](C)(C)N([Si](C)(C)C)[Si](C)(C)C)C(C)(C)C. The van der Waals surface area contributed by atoms with Crippen molar-refractivity contribution in [2.45, 2.75) is 111 Å². The Labute approximate surface area is 162 Å². The van der Waals surface area contributed by atoms with Crippen LogP contribution >= 0.6 is 0 Å². The molecule has 0 radical (unpaired) electrons. The summed E-state index contributed by atoms with van der Waals surface area (Å²) >= 11 is 0. The van der Waals surface area contributed by atoms with E-state index in [-0.39, 0.29) is 10.1 Å². The Balaban J connectivity index is 6.86. The predicted molar refractivity (Wildman–Crippen MR) is 126 cm³/mol. The smallest absolute Gasteiger partial charge is 0.231 e. The lowest BCUT2D eigenvalue weighted by Gasteiger charge is -2.55. The molecule has 0 saturated heterocycles. The first kappa shape index (κ1) is 25.2. The number of rotatable bonds is 5. The quantitative estimate of drug-likeness (QED) is 0.216. The molecule has 3 nitrogen and oxygen atoms in total. The minimum Gasteiger partial charge on any atom is -0.363 e. The van der Waals surface area contributed by atoms with E-state index >= 15 is 0 Å². The maximum absolute atomic E-state index is 10.4. The highest BCUT2D eigenvalue weighted by Crippen LogP contribution is 2.53. The number of hydrogen-bond acceptors (Lipinski definition) is 1. The molecule has 148 valence electrons. The van der Waals surface area contributed by atoms with E-state index in [0.29, 0.717) is 0 Å². The van der Waals surface area contributed by atoms with Gasteiger partial charge in [0.05, 0.1) is 0 Å². The van der Waals surface area contributed by atoms with Crippen molar-refractivity contribution < 1.29 is 4.79 Å². The van der Waals surface area contributed by atoms with Gasteiger partial charge in [-0.25, -0.2) is 0 Å². The number of hydrogen-bond donors (Lipinski definition) is 0. The average molecular weight is 416 g/mol. The molecule has 0 rings (SSSR count). The maximum atomic E-state index is 10.4. The monoisotopic (exact) mass is 415 g/mol. The van der Waals surface area contributed by atoms with Crippen molar-refractivity contribution in [2.24, 2.45) is 0 Å². The van der Waals surface area contributed by atoms with Crippen LogP contribution in [0.25, 0.3) is 5.53 Å². The summed E-state index contributed by atoms with van der Waals surface area (Å²) in [4.78, 5) is 5.35. The Morgan fingerprint density at radius 1 is 0.680 bits per heavy atom. The summed E-state index contributed by atoms with van der Waals surface area (Å²) in [5.41, 5.74) is 10.4. The summed E-state index contributed by atoms with van der Waals surface area (Å²) in [6.45, 7) is 36.2. The van der Waals surface area contributed by atoms with E-state index in [9.17, 15) is 5.53 Å². The zero-order chi connectivity index (χ0) is 20.9. The van der Waals surface area contributed by atoms with Crippen LogP contribution in [0.15, 0.2) is 0 Å². The molecule has 25 heavy (non-hydrogen) atoms. The van der Waals surface area contributed by atoms with Gasteiger partial charge < -0.3 is 9.43 Å². The molecule has 0 aromatic rings. The van der Waals surface area contributed by atoms with Gasteiger partial charge in [-0.15, -0.1) is 0 Å². The summed E-state index contributed by atoms with van der Waals surface area (Å²) in [7, 11) is -7.24.